The molecule has 3 saturated carbocycles. The van der Waals surface area contributed by atoms with Gasteiger partial charge in [-0.05, 0) is 47.0 Å². The van der Waals surface area contributed by atoms with Gasteiger partial charge in [0.2, 0.25) is 0 Å². The molecule has 1 amide bonds. The molecule has 0 aromatic carbocycles. The maximum absolute atomic E-state index is 12.0. The topological polar surface area (TPSA) is 84.8 Å². The Bertz CT molecular complexity index is 394. The highest BCUT2D eigenvalue weighted by Gasteiger charge is 2.70. The lowest BCUT2D eigenvalue weighted by Crippen LogP contribution is -2.76. The van der Waals surface area contributed by atoms with E-state index in [9.17, 15) is 9.35 Å². The molecule has 6 heteroatoms. The second kappa shape index (κ2) is 3.87. The van der Waals surface area contributed by atoms with Gasteiger partial charge in [-0.1, -0.05) is 4.40 Å². The highest BCUT2D eigenvalue weighted by molar-refractivity contribution is 7.91. The van der Waals surface area contributed by atoms with Gasteiger partial charge in [-0.3, -0.25) is 0 Å². The van der Waals surface area contributed by atoms with Crippen molar-refractivity contribution in [1.82, 2.24) is 5.32 Å². The first-order valence-corrected chi connectivity index (χ1v) is 7.18. The molecule has 5 nitrogen and oxygen atoms in total. The summed E-state index contributed by atoms with van der Waals surface area (Å²) in [5, 5.41) is 11.3. The predicted octanol–water partition coefficient (Wildman–Crippen LogP) is 2.10. The minimum atomic E-state index is -1.23. The number of hydrogen-bond acceptors (Lipinski definition) is 3. The zero-order chi connectivity index (χ0) is 13.8. The molecule has 2 N–H and O–H groups in total. The molecule has 0 saturated heterocycles. The van der Waals surface area contributed by atoms with Crippen LogP contribution in [0.15, 0.2) is 4.40 Å². The fraction of sp³-hybridized carbons (Fsp3) is 0.833. The molecule has 3 aliphatic rings. The lowest BCUT2D eigenvalue weighted by atomic mass is 9.38. The van der Waals surface area contributed by atoms with Crippen molar-refractivity contribution in [2.45, 2.75) is 57.2 Å². The van der Waals surface area contributed by atoms with E-state index in [1.54, 1.807) is 0 Å². The van der Waals surface area contributed by atoms with Gasteiger partial charge in [0.1, 0.15) is 16.1 Å². The molecule has 0 unspecified atom stereocenters. The van der Waals surface area contributed by atoms with Gasteiger partial charge in [0.25, 0.3) is 0 Å². The second-order valence-electron chi connectivity index (χ2n) is 6.56. The standard InChI is InChI=1S/C12H20N2O3S/c1-8(14-18(17)10(2,3)4)11-5-12(6-11,7-11)13-9(15)16/h13H,5-7H2,1-4H3,(H,15,16)/b14-8+/t11?,12?,18-/m1/s1. The van der Waals surface area contributed by atoms with Crippen molar-refractivity contribution in [2.24, 2.45) is 9.81 Å². The maximum Gasteiger partial charge on any atom is 0.405 e. The molecule has 3 aliphatic carbocycles. The summed E-state index contributed by atoms with van der Waals surface area (Å²) < 4.78 is 15.9. The average molecular weight is 272 g/mol. The third kappa shape index (κ3) is 2.12. The lowest BCUT2D eigenvalue weighted by Gasteiger charge is -2.69. The Morgan fingerprint density at radius 2 is 1.89 bits per heavy atom. The summed E-state index contributed by atoms with van der Waals surface area (Å²) in [5.74, 6) is 0. The van der Waals surface area contributed by atoms with Gasteiger partial charge in [0.15, 0.2) is 0 Å². The summed E-state index contributed by atoms with van der Waals surface area (Å²) in [6, 6.07) is 0. The van der Waals surface area contributed by atoms with Gasteiger partial charge in [-0.25, -0.2) is 4.79 Å². The van der Waals surface area contributed by atoms with E-state index in [0.717, 1.165) is 25.0 Å². The number of hydrogen-bond donors (Lipinski definition) is 2. The Balaban J connectivity index is 1.97. The van der Waals surface area contributed by atoms with Gasteiger partial charge in [-0.15, -0.1) is 0 Å². The van der Waals surface area contributed by atoms with E-state index in [0.29, 0.717) is 0 Å². The van der Waals surface area contributed by atoms with E-state index in [1.807, 2.05) is 27.7 Å². The third-order valence-electron chi connectivity index (χ3n) is 3.91. The third-order valence-corrected chi connectivity index (χ3v) is 5.40. The first kappa shape index (κ1) is 13.7. The van der Waals surface area contributed by atoms with Crippen LogP contribution < -0.4 is 5.32 Å². The Kier molecular flexibility index (Phi) is 2.94. The normalized spacial score (nSPS) is 36.4. The van der Waals surface area contributed by atoms with E-state index < -0.39 is 17.5 Å². The summed E-state index contributed by atoms with van der Waals surface area (Å²) in [5.41, 5.74) is 0.680. The van der Waals surface area contributed by atoms with Crippen LogP contribution in [0.4, 0.5) is 4.79 Å². The molecule has 0 radical (unpaired) electrons. The second-order valence-corrected chi connectivity index (χ2v) is 8.46. The van der Waals surface area contributed by atoms with E-state index >= 15 is 0 Å². The zero-order valence-corrected chi connectivity index (χ0v) is 12.1. The van der Waals surface area contributed by atoms with Gasteiger partial charge in [0, 0.05) is 11.0 Å². The lowest BCUT2D eigenvalue weighted by molar-refractivity contribution is -0.0941. The predicted molar refractivity (Wildman–Crippen MR) is 71.2 cm³/mol. The van der Waals surface area contributed by atoms with Crippen LogP contribution in [-0.2, 0) is 11.4 Å². The van der Waals surface area contributed by atoms with Crippen molar-refractivity contribution in [1.29, 1.82) is 0 Å². The molecule has 3 rings (SSSR count). The highest BCUT2D eigenvalue weighted by Crippen LogP contribution is 2.67. The maximum atomic E-state index is 12.0. The zero-order valence-electron chi connectivity index (χ0n) is 11.2. The summed E-state index contributed by atoms with van der Waals surface area (Å²) >= 11 is -1.23. The highest BCUT2D eigenvalue weighted by atomic mass is 32.2. The van der Waals surface area contributed by atoms with E-state index in [2.05, 4.69) is 9.71 Å². The van der Waals surface area contributed by atoms with Crippen LogP contribution in [0, 0.1) is 5.41 Å². The van der Waals surface area contributed by atoms with Crippen molar-refractivity contribution >= 4 is 23.2 Å². The summed E-state index contributed by atoms with van der Waals surface area (Å²) in [6.07, 6.45) is 1.42. The van der Waals surface area contributed by atoms with Crippen molar-refractivity contribution < 1.29 is 14.5 Å². The summed E-state index contributed by atoms with van der Waals surface area (Å²) in [6.45, 7) is 7.60. The summed E-state index contributed by atoms with van der Waals surface area (Å²) in [7, 11) is 0. The van der Waals surface area contributed by atoms with Crippen molar-refractivity contribution in [3.8, 4) is 0 Å². The van der Waals surface area contributed by atoms with Crippen molar-refractivity contribution in [3.05, 3.63) is 0 Å². The van der Waals surface area contributed by atoms with E-state index in [1.165, 1.54) is 0 Å². The van der Waals surface area contributed by atoms with Gasteiger partial charge >= 0.3 is 6.09 Å². The number of carbonyl (C=O) groups is 1. The Hall–Kier alpha value is -0.750. The van der Waals surface area contributed by atoms with Gasteiger partial charge in [0.05, 0.1) is 5.71 Å². The average Bonchev–Trinajstić information content (AvgIpc) is 2.06. The van der Waals surface area contributed by atoms with Crippen LogP contribution in [0.3, 0.4) is 0 Å². The minimum absolute atomic E-state index is 0.00333. The molecule has 18 heavy (non-hydrogen) atoms. The smallest absolute Gasteiger partial charge is 0.405 e. The molecule has 0 spiro atoms. The van der Waals surface area contributed by atoms with Gasteiger partial charge in [-0.2, -0.15) is 0 Å². The molecule has 2 bridgehead atoms. The van der Waals surface area contributed by atoms with Crippen molar-refractivity contribution in [3.63, 3.8) is 0 Å². The van der Waals surface area contributed by atoms with Crippen LogP contribution in [0.2, 0.25) is 0 Å². The number of nitrogens with one attached hydrogen (secondary N) is 1. The first-order chi connectivity index (χ1) is 8.09. The molecular formula is C12H20N2O3S. The van der Waals surface area contributed by atoms with E-state index in [4.69, 9.17) is 5.11 Å². The number of nitrogens with zero attached hydrogens (tertiary/aromatic N) is 1. The molecule has 1 atom stereocenters. The fourth-order valence-corrected chi connectivity index (χ4v) is 3.61. The van der Waals surface area contributed by atoms with Crippen LogP contribution in [0.1, 0.15) is 47.0 Å². The summed E-state index contributed by atoms with van der Waals surface area (Å²) in [4.78, 5) is 10.6. The first-order valence-electron chi connectivity index (χ1n) is 6.08. The minimum Gasteiger partial charge on any atom is -0.591 e. The molecule has 0 aliphatic heterocycles. The molecule has 0 aromatic rings. The number of rotatable bonds is 3. The molecule has 0 aromatic heterocycles. The largest absolute Gasteiger partial charge is 0.591 e. The van der Waals surface area contributed by atoms with E-state index in [-0.39, 0.29) is 15.7 Å². The quantitative estimate of drug-likeness (QED) is 0.609. The van der Waals surface area contributed by atoms with Crippen LogP contribution in [0.25, 0.3) is 0 Å². The Labute approximate surface area is 110 Å². The molecular weight excluding hydrogens is 252 g/mol. The fourth-order valence-electron chi connectivity index (χ4n) is 2.89. The number of amides is 1. The monoisotopic (exact) mass is 272 g/mol. The molecule has 0 heterocycles. The number of carboxylic acid groups (broad SMARTS) is 1. The van der Waals surface area contributed by atoms with Crippen LogP contribution in [0.5, 0.6) is 0 Å². The van der Waals surface area contributed by atoms with Gasteiger partial charge < -0.3 is 15.0 Å². The Morgan fingerprint density at radius 1 is 1.39 bits per heavy atom. The van der Waals surface area contributed by atoms with Crippen molar-refractivity contribution in [2.75, 3.05) is 0 Å². The van der Waals surface area contributed by atoms with Crippen LogP contribution in [-0.4, -0.2) is 31.8 Å². The van der Waals surface area contributed by atoms with Crippen LogP contribution >= 0.6 is 0 Å². The Morgan fingerprint density at radius 3 is 2.28 bits per heavy atom. The molecule has 102 valence electrons. The SMILES string of the molecule is C/C(=N\[S@+]([O-])C(C)(C)C)C12CC(NC(=O)O)(C1)C2. The molecule has 3 fully saturated rings.